The molecule has 2 aromatic rings. The maximum atomic E-state index is 12.2. The SMILES string of the molecule is Cc1ccc([C@@H](CNC(=O)NCc2n[nH]c(=O)[nH]2)N2CCC(C)CC2)cc1. The Hall–Kier alpha value is -2.61. The van der Waals surface area contributed by atoms with Crippen molar-refractivity contribution < 1.29 is 4.79 Å². The molecule has 1 fully saturated rings. The summed E-state index contributed by atoms with van der Waals surface area (Å²) in [6, 6.07) is 8.39. The van der Waals surface area contributed by atoms with Crippen LogP contribution in [0.25, 0.3) is 0 Å². The first-order chi connectivity index (χ1) is 13.0. The molecular weight excluding hydrogens is 344 g/mol. The summed E-state index contributed by atoms with van der Waals surface area (Å²) >= 11 is 0. The predicted molar refractivity (Wildman–Crippen MR) is 103 cm³/mol. The maximum absolute atomic E-state index is 12.2. The number of aromatic nitrogens is 3. The molecule has 1 aliphatic rings. The first-order valence-electron chi connectivity index (χ1n) is 9.47. The molecule has 146 valence electrons. The number of aryl methyl sites for hydroxylation is 1. The third kappa shape index (κ3) is 5.43. The molecule has 3 rings (SSSR count). The van der Waals surface area contributed by atoms with Gasteiger partial charge in [0, 0.05) is 6.54 Å². The van der Waals surface area contributed by atoms with Crippen LogP contribution in [0.4, 0.5) is 4.79 Å². The predicted octanol–water partition coefficient (Wildman–Crippen LogP) is 1.68. The van der Waals surface area contributed by atoms with Crippen LogP contribution in [0.1, 0.15) is 42.8 Å². The second kappa shape index (κ2) is 8.85. The number of urea groups is 1. The Morgan fingerprint density at radius 2 is 1.96 bits per heavy atom. The zero-order valence-electron chi connectivity index (χ0n) is 15.9. The number of carbonyl (C=O) groups excluding carboxylic acids is 1. The largest absolute Gasteiger partial charge is 0.340 e. The van der Waals surface area contributed by atoms with Crippen molar-refractivity contribution >= 4 is 6.03 Å². The minimum atomic E-state index is -0.383. The molecule has 1 atom stereocenters. The fourth-order valence-corrected chi connectivity index (χ4v) is 3.39. The minimum Gasteiger partial charge on any atom is -0.336 e. The van der Waals surface area contributed by atoms with Gasteiger partial charge in [0.05, 0.1) is 12.6 Å². The van der Waals surface area contributed by atoms with Crippen LogP contribution < -0.4 is 16.3 Å². The van der Waals surface area contributed by atoms with Gasteiger partial charge >= 0.3 is 11.7 Å². The first-order valence-corrected chi connectivity index (χ1v) is 9.47. The summed E-state index contributed by atoms with van der Waals surface area (Å²) in [5.41, 5.74) is 2.06. The van der Waals surface area contributed by atoms with Crippen LogP contribution in [0.3, 0.4) is 0 Å². The Bertz CT molecular complexity index is 789. The van der Waals surface area contributed by atoms with E-state index in [1.165, 1.54) is 24.0 Å². The number of carbonyl (C=O) groups is 1. The Morgan fingerprint density at radius 1 is 1.26 bits per heavy atom. The molecule has 0 bridgehead atoms. The zero-order valence-corrected chi connectivity index (χ0v) is 15.9. The molecule has 2 amide bonds. The quantitative estimate of drug-likeness (QED) is 0.619. The van der Waals surface area contributed by atoms with Crippen LogP contribution >= 0.6 is 0 Å². The van der Waals surface area contributed by atoms with E-state index in [0.29, 0.717) is 12.4 Å². The zero-order chi connectivity index (χ0) is 19.2. The molecule has 0 saturated carbocycles. The number of rotatable bonds is 6. The van der Waals surface area contributed by atoms with Crippen molar-refractivity contribution in [3.8, 4) is 0 Å². The number of hydrogen-bond donors (Lipinski definition) is 4. The van der Waals surface area contributed by atoms with Crippen molar-refractivity contribution in [3.63, 3.8) is 0 Å². The van der Waals surface area contributed by atoms with Gasteiger partial charge in [-0.2, -0.15) is 5.10 Å². The lowest BCUT2D eigenvalue weighted by Crippen LogP contribution is -2.44. The standard InChI is InChI=1S/C19H28N6O2/c1-13-3-5-15(6-4-13)16(25-9-7-14(2)8-10-25)11-20-18(26)21-12-17-22-19(27)24-23-17/h3-6,14,16H,7-12H2,1-2H3,(H2,20,21,26)(H2,22,23,24,27)/t16-/m1/s1. The van der Waals surface area contributed by atoms with Crippen molar-refractivity contribution in [2.45, 2.75) is 39.3 Å². The van der Waals surface area contributed by atoms with Gasteiger partial charge in [-0.05, 0) is 44.3 Å². The minimum absolute atomic E-state index is 0.147. The number of piperidine rings is 1. The van der Waals surface area contributed by atoms with Gasteiger partial charge in [-0.15, -0.1) is 0 Å². The van der Waals surface area contributed by atoms with E-state index in [4.69, 9.17) is 0 Å². The normalized spacial score (nSPS) is 16.8. The number of H-pyrrole nitrogens is 2. The highest BCUT2D eigenvalue weighted by atomic mass is 16.2. The summed E-state index contributed by atoms with van der Waals surface area (Å²) in [4.78, 5) is 28.2. The van der Waals surface area contributed by atoms with Crippen LogP contribution in [-0.2, 0) is 6.54 Å². The fraction of sp³-hybridized carbons (Fsp3) is 0.526. The highest BCUT2D eigenvalue weighted by Crippen LogP contribution is 2.26. The lowest BCUT2D eigenvalue weighted by atomic mass is 9.95. The van der Waals surface area contributed by atoms with Crippen LogP contribution in [0.5, 0.6) is 0 Å². The van der Waals surface area contributed by atoms with Gasteiger partial charge in [-0.1, -0.05) is 36.8 Å². The molecule has 1 aromatic heterocycles. The number of benzene rings is 1. The summed E-state index contributed by atoms with van der Waals surface area (Å²) in [7, 11) is 0. The Labute approximate surface area is 158 Å². The van der Waals surface area contributed by atoms with E-state index in [9.17, 15) is 9.59 Å². The summed E-state index contributed by atoms with van der Waals surface area (Å²) < 4.78 is 0. The van der Waals surface area contributed by atoms with Crippen molar-refractivity contribution in [2.75, 3.05) is 19.6 Å². The molecule has 1 saturated heterocycles. The maximum Gasteiger partial charge on any atom is 0.340 e. The molecular formula is C19H28N6O2. The second-order valence-corrected chi connectivity index (χ2v) is 7.33. The average Bonchev–Trinajstić information content (AvgIpc) is 3.08. The van der Waals surface area contributed by atoms with E-state index in [2.05, 4.69) is 68.8 Å². The monoisotopic (exact) mass is 372 g/mol. The van der Waals surface area contributed by atoms with E-state index in [-0.39, 0.29) is 24.3 Å². The molecule has 1 aromatic carbocycles. The molecule has 8 nitrogen and oxygen atoms in total. The molecule has 27 heavy (non-hydrogen) atoms. The third-order valence-corrected chi connectivity index (χ3v) is 5.14. The number of aromatic amines is 2. The Morgan fingerprint density at radius 3 is 2.59 bits per heavy atom. The van der Waals surface area contributed by atoms with E-state index in [1.807, 2.05) is 0 Å². The topological polar surface area (TPSA) is 106 Å². The summed E-state index contributed by atoms with van der Waals surface area (Å²) in [5.74, 6) is 1.16. The van der Waals surface area contributed by atoms with Gasteiger partial charge in [0.1, 0.15) is 5.82 Å². The van der Waals surface area contributed by atoms with Gasteiger partial charge in [0.25, 0.3) is 0 Å². The van der Waals surface area contributed by atoms with E-state index < -0.39 is 0 Å². The summed E-state index contributed by atoms with van der Waals surface area (Å²) in [5, 5.41) is 11.7. The number of hydrogen-bond acceptors (Lipinski definition) is 4. The summed E-state index contributed by atoms with van der Waals surface area (Å²) in [6.45, 7) is 7.14. The van der Waals surface area contributed by atoms with Crippen LogP contribution in [0, 0.1) is 12.8 Å². The molecule has 1 aliphatic heterocycles. The number of nitrogens with zero attached hydrogens (tertiary/aromatic N) is 2. The lowest BCUT2D eigenvalue weighted by molar-refractivity contribution is 0.136. The van der Waals surface area contributed by atoms with Crippen molar-refractivity contribution in [2.24, 2.45) is 5.92 Å². The number of likely N-dealkylation sites (tertiary alicyclic amines) is 1. The van der Waals surface area contributed by atoms with Crippen LogP contribution in [0.15, 0.2) is 29.1 Å². The molecule has 0 unspecified atom stereocenters. The number of amides is 2. The van der Waals surface area contributed by atoms with Crippen LogP contribution in [0.2, 0.25) is 0 Å². The molecule has 2 heterocycles. The van der Waals surface area contributed by atoms with Gasteiger partial charge in [-0.3, -0.25) is 9.88 Å². The van der Waals surface area contributed by atoms with Crippen LogP contribution in [-0.4, -0.2) is 45.7 Å². The third-order valence-electron chi connectivity index (χ3n) is 5.14. The molecule has 8 heteroatoms. The average molecular weight is 372 g/mol. The van der Waals surface area contributed by atoms with E-state index >= 15 is 0 Å². The molecule has 0 radical (unpaired) electrons. The van der Waals surface area contributed by atoms with Crippen molar-refractivity contribution in [1.29, 1.82) is 0 Å². The van der Waals surface area contributed by atoms with E-state index in [1.54, 1.807) is 0 Å². The lowest BCUT2D eigenvalue weighted by Gasteiger charge is -2.37. The highest BCUT2D eigenvalue weighted by Gasteiger charge is 2.25. The first kappa shape index (κ1) is 19.2. The van der Waals surface area contributed by atoms with Crippen molar-refractivity contribution in [1.82, 2.24) is 30.7 Å². The fourth-order valence-electron chi connectivity index (χ4n) is 3.39. The summed E-state index contributed by atoms with van der Waals surface area (Å²) in [6.07, 6.45) is 2.36. The Kier molecular flexibility index (Phi) is 6.28. The van der Waals surface area contributed by atoms with Crippen molar-refractivity contribution in [3.05, 3.63) is 51.7 Å². The molecule has 0 spiro atoms. The van der Waals surface area contributed by atoms with Gasteiger partial charge in [0.15, 0.2) is 0 Å². The second-order valence-electron chi connectivity index (χ2n) is 7.33. The van der Waals surface area contributed by atoms with Gasteiger partial charge < -0.3 is 10.6 Å². The smallest absolute Gasteiger partial charge is 0.336 e. The van der Waals surface area contributed by atoms with E-state index in [0.717, 1.165) is 19.0 Å². The Balaban J connectivity index is 1.59. The molecule has 0 aliphatic carbocycles. The van der Waals surface area contributed by atoms with Gasteiger partial charge in [-0.25, -0.2) is 14.7 Å². The highest BCUT2D eigenvalue weighted by molar-refractivity contribution is 5.73. The van der Waals surface area contributed by atoms with Gasteiger partial charge in [0.2, 0.25) is 0 Å². The number of nitrogens with one attached hydrogen (secondary N) is 4. The molecule has 4 N–H and O–H groups in total.